The van der Waals surface area contributed by atoms with Crippen LogP contribution in [-0.2, 0) is 6.54 Å². The molecule has 3 aromatic rings. The average molecular weight is 390 g/mol. The molecule has 0 saturated heterocycles. The van der Waals surface area contributed by atoms with Crippen LogP contribution in [0.4, 0.5) is 5.69 Å². The Kier molecular flexibility index (Phi) is 6.47. The average Bonchev–Trinajstić information content (AvgIpc) is 2.78. The predicted octanol–water partition coefficient (Wildman–Crippen LogP) is 3.89. The molecule has 2 amide bonds. The number of anilines is 1. The Morgan fingerprint density at radius 2 is 1.38 bits per heavy atom. The largest absolute Gasteiger partial charge is 0.493 e. The van der Waals surface area contributed by atoms with E-state index in [1.54, 1.807) is 44.6 Å². The van der Waals surface area contributed by atoms with Crippen LogP contribution in [0.25, 0.3) is 0 Å². The summed E-state index contributed by atoms with van der Waals surface area (Å²) in [5.41, 5.74) is 2.55. The minimum Gasteiger partial charge on any atom is -0.493 e. The van der Waals surface area contributed by atoms with Crippen molar-refractivity contribution in [2.45, 2.75) is 6.54 Å². The van der Waals surface area contributed by atoms with Gasteiger partial charge in [0.05, 0.1) is 14.2 Å². The van der Waals surface area contributed by atoms with Crippen LogP contribution in [0.5, 0.6) is 11.5 Å². The van der Waals surface area contributed by atoms with Crippen molar-refractivity contribution in [2.24, 2.45) is 0 Å². The molecule has 0 bridgehead atoms. The van der Waals surface area contributed by atoms with E-state index in [9.17, 15) is 9.59 Å². The Hall–Kier alpha value is -3.80. The molecule has 29 heavy (non-hydrogen) atoms. The van der Waals surface area contributed by atoms with Gasteiger partial charge in [-0.1, -0.05) is 24.3 Å². The molecule has 6 nitrogen and oxygen atoms in total. The maximum atomic E-state index is 12.4. The first kappa shape index (κ1) is 19.9. The topological polar surface area (TPSA) is 76.7 Å². The Morgan fingerprint density at radius 3 is 2.00 bits per heavy atom. The number of amides is 2. The zero-order valence-electron chi connectivity index (χ0n) is 16.3. The van der Waals surface area contributed by atoms with Gasteiger partial charge in [-0.15, -0.1) is 0 Å². The van der Waals surface area contributed by atoms with Gasteiger partial charge in [-0.05, 0) is 54.1 Å². The molecule has 0 atom stereocenters. The van der Waals surface area contributed by atoms with Crippen LogP contribution in [0.3, 0.4) is 0 Å². The maximum Gasteiger partial charge on any atom is 0.255 e. The summed E-state index contributed by atoms with van der Waals surface area (Å²) in [7, 11) is 3.14. The SMILES string of the molecule is COc1ccc(CNC(=O)c2ccc(C(=O)Nc3ccccc3)cc2)cc1OC. The lowest BCUT2D eigenvalue weighted by Gasteiger charge is -2.10. The number of benzene rings is 3. The highest BCUT2D eigenvalue weighted by molar-refractivity contribution is 6.05. The number of carbonyl (C=O) groups excluding carboxylic acids is 2. The number of hydrogen-bond donors (Lipinski definition) is 2. The van der Waals surface area contributed by atoms with Crippen molar-refractivity contribution in [2.75, 3.05) is 19.5 Å². The van der Waals surface area contributed by atoms with Crippen molar-refractivity contribution in [1.29, 1.82) is 0 Å². The van der Waals surface area contributed by atoms with E-state index in [4.69, 9.17) is 9.47 Å². The number of ether oxygens (including phenoxy) is 2. The van der Waals surface area contributed by atoms with Crippen molar-refractivity contribution < 1.29 is 19.1 Å². The van der Waals surface area contributed by atoms with Gasteiger partial charge in [-0.2, -0.15) is 0 Å². The lowest BCUT2D eigenvalue weighted by atomic mass is 10.1. The smallest absolute Gasteiger partial charge is 0.255 e. The Labute approximate surface area is 169 Å². The first-order chi connectivity index (χ1) is 14.1. The highest BCUT2D eigenvalue weighted by atomic mass is 16.5. The molecule has 148 valence electrons. The zero-order chi connectivity index (χ0) is 20.6. The summed E-state index contributed by atoms with van der Waals surface area (Å²) >= 11 is 0. The van der Waals surface area contributed by atoms with Gasteiger partial charge in [0.25, 0.3) is 11.8 Å². The third-order valence-electron chi connectivity index (χ3n) is 4.34. The number of hydrogen-bond acceptors (Lipinski definition) is 4. The van der Waals surface area contributed by atoms with E-state index in [1.807, 2.05) is 42.5 Å². The molecule has 0 saturated carbocycles. The summed E-state index contributed by atoms with van der Waals surface area (Å²) in [4.78, 5) is 24.7. The molecule has 0 unspecified atom stereocenters. The lowest BCUT2D eigenvalue weighted by Crippen LogP contribution is -2.23. The van der Waals surface area contributed by atoms with E-state index < -0.39 is 0 Å². The van der Waals surface area contributed by atoms with Gasteiger partial charge in [-0.3, -0.25) is 9.59 Å². The lowest BCUT2D eigenvalue weighted by molar-refractivity contribution is 0.0949. The van der Waals surface area contributed by atoms with Crippen molar-refractivity contribution in [3.05, 3.63) is 89.5 Å². The first-order valence-corrected chi connectivity index (χ1v) is 9.06. The fourth-order valence-corrected chi connectivity index (χ4v) is 2.77. The van der Waals surface area contributed by atoms with Gasteiger partial charge in [0.2, 0.25) is 0 Å². The second-order valence-corrected chi connectivity index (χ2v) is 6.27. The molecular weight excluding hydrogens is 368 g/mol. The van der Waals surface area contributed by atoms with Crippen LogP contribution in [0.2, 0.25) is 0 Å². The molecule has 0 radical (unpaired) electrons. The van der Waals surface area contributed by atoms with Gasteiger partial charge < -0.3 is 20.1 Å². The minimum absolute atomic E-state index is 0.227. The van der Waals surface area contributed by atoms with E-state index in [1.165, 1.54) is 0 Å². The van der Waals surface area contributed by atoms with Crippen molar-refractivity contribution in [1.82, 2.24) is 5.32 Å². The first-order valence-electron chi connectivity index (χ1n) is 9.06. The van der Waals surface area contributed by atoms with Gasteiger partial charge in [0.15, 0.2) is 11.5 Å². The summed E-state index contributed by atoms with van der Waals surface area (Å²) < 4.78 is 10.5. The monoisotopic (exact) mass is 390 g/mol. The molecule has 0 heterocycles. The van der Waals surface area contributed by atoms with Crippen LogP contribution >= 0.6 is 0 Å². The fourth-order valence-electron chi connectivity index (χ4n) is 2.77. The van der Waals surface area contributed by atoms with E-state index in [-0.39, 0.29) is 11.8 Å². The van der Waals surface area contributed by atoms with Crippen LogP contribution in [0.1, 0.15) is 26.3 Å². The van der Waals surface area contributed by atoms with E-state index in [0.29, 0.717) is 34.9 Å². The molecule has 0 aliphatic rings. The van der Waals surface area contributed by atoms with Crippen molar-refractivity contribution >= 4 is 17.5 Å². The molecule has 0 aliphatic carbocycles. The van der Waals surface area contributed by atoms with Crippen molar-refractivity contribution in [3.63, 3.8) is 0 Å². The predicted molar refractivity (Wildman–Crippen MR) is 112 cm³/mol. The standard InChI is InChI=1S/C23H22N2O4/c1-28-20-13-8-16(14-21(20)29-2)15-24-22(26)17-9-11-18(12-10-17)23(27)25-19-6-4-3-5-7-19/h3-14H,15H2,1-2H3,(H,24,26)(H,25,27). The summed E-state index contributed by atoms with van der Waals surface area (Å²) in [6.07, 6.45) is 0. The van der Waals surface area contributed by atoms with E-state index in [2.05, 4.69) is 10.6 Å². The highest BCUT2D eigenvalue weighted by Crippen LogP contribution is 2.27. The number of nitrogens with one attached hydrogen (secondary N) is 2. The van der Waals surface area contributed by atoms with Gasteiger partial charge >= 0.3 is 0 Å². The second-order valence-electron chi connectivity index (χ2n) is 6.27. The van der Waals surface area contributed by atoms with Crippen LogP contribution in [0.15, 0.2) is 72.8 Å². The molecule has 6 heteroatoms. The van der Waals surface area contributed by atoms with E-state index >= 15 is 0 Å². The van der Waals surface area contributed by atoms with Gasteiger partial charge in [-0.25, -0.2) is 0 Å². The summed E-state index contributed by atoms with van der Waals surface area (Å²) in [5, 5.41) is 5.67. The summed E-state index contributed by atoms with van der Waals surface area (Å²) in [6, 6.07) is 21.2. The molecule has 3 rings (SSSR count). The number of methoxy groups -OCH3 is 2. The molecule has 0 fully saturated rings. The minimum atomic E-state index is -0.228. The van der Waals surface area contributed by atoms with Crippen molar-refractivity contribution in [3.8, 4) is 11.5 Å². The molecule has 0 spiro atoms. The third kappa shape index (κ3) is 5.13. The normalized spacial score (nSPS) is 10.1. The summed E-state index contributed by atoms with van der Waals surface area (Å²) in [6.45, 7) is 0.343. The van der Waals surface area contributed by atoms with Crippen LogP contribution < -0.4 is 20.1 Å². The molecular formula is C23H22N2O4. The third-order valence-corrected chi connectivity index (χ3v) is 4.34. The summed E-state index contributed by atoms with van der Waals surface area (Å²) in [5.74, 6) is 0.781. The van der Waals surface area contributed by atoms with Gasteiger partial charge in [0, 0.05) is 23.4 Å². The molecule has 0 aromatic heterocycles. The van der Waals surface area contributed by atoms with Crippen LogP contribution in [-0.4, -0.2) is 26.0 Å². The zero-order valence-corrected chi connectivity index (χ0v) is 16.3. The number of para-hydroxylation sites is 1. The Balaban J connectivity index is 1.59. The second kappa shape index (κ2) is 9.41. The maximum absolute atomic E-state index is 12.4. The molecule has 3 aromatic carbocycles. The quantitative estimate of drug-likeness (QED) is 0.642. The Morgan fingerprint density at radius 1 is 0.759 bits per heavy atom. The molecule has 2 N–H and O–H groups in total. The van der Waals surface area contributed by atoms with Crippen LogP contribution in [0, 0.1) is 0 Å². The van der Waals surface area contributed by atoms with E-state index in [0.717, 1.165) is 5.56 Å². The highest BCUT2D eigenvalue weighted by Gasteiger charge is 2.10. The molecule has 0 aliphatic heterocycles. The van der Waals surface area contributed by atoms with Gasteiger partial charge in [0.1, 0.15) is 0 Å². The number of carbonyl (C=O) groups is 2. The Bertz CT molecular complexity index is 986. The number of rotatable bonds is 7. The fraction of sp³-hybridized carbons (Fsp3) is 0.130.